The summed E-state index contributed by atoms with van der Waals surface area (Å²) in [5.41, 5.74) is 0.281. The lowest BCUT2D eigenvalue weighted by Gasteiger charge is -2.22. The molecule has 1 aromatic heterocycles. The Labute approximate surface area is 144 Å². The topological polar surface area (TPSA) is 110 Å². The number of aromatic amines is 1. The predicted octanol–water partition coefficient (Wildman–Crippen LogP) is 2.98. The van der Waals surface area contributed by atoms with Crippen LogP contribution in [0.4, 0.5) is 11.4 Å². The molecule has 2 aromatic rings. The van der Waals surface area contributed by atoms with Crippen LogP contribution in [0, 0.1) is 10.1 Å². The number of hydrogen-bond donors (Lipinski definition) is 2. The first-order valence-corrected chi connectivity index (χ1v) is 8.66. The van der Waals surface area contributed by atoms with Crippen molar-refractivity contribution >= 4 is 22.3 Å². The molecule has 1 fully saturated rings. The van der Waals surface area contributed by atoms with Gasteiger partial charge in [-0.25, -0.2) is 4.98 Å². The largest absolute Gasteiger partial charge is 0.379 e. The first-order chi connectivity index (χ1) is 12.1. The maximum atomic E-state index is 11.8. The summed E-state index contributed by atoms with van der Waals surface area (Å²) in [4.78, 5) is 29.0. The number of nitrogens with one attached hydrogen (secondary N) is 2. The van der Waals surface area contributed by atoms with Crippen LogP contribution in [-0.2, 0) is 4.74 Å². The first kappa shape index (κ1) is 17.3. The van der Waals surface area contributed by atoms with Gasteiger partial charge in [0.25, 0.3) is 11.2 Å². The molecule has 25 heavy (non-hydrogen) atoms. The lowest BCUT2D eigenvalue weighted by Crippen LogP contribution is -2.18. The molecule has 0 spiro atoms. The van der Waals surface area contributed by atoms with E-state index in [4.69, 9.17) is 4.74 Å². The van der Waals surface area contributed by atoms with E-state index in [1.54, 1.807) is 6.07 Å². The maximum absolute atomic E-state index is 11.8. The van der Waals surface area contributed by atoms with Crippen molar-refractivity contribution in [3.8, 4) is 0 Å². The minimum atomic E-state index is -0.493. The third kappa shape index (κ3) is 4.33. The van der Waals surface area contributed by atoms with Gasteiger partial charge in [0.15, 0.2) is 0 Å². The number of nitrogens with zero attached hydrogens (tertiary/aromatic N) is 2. The summed E-state index contributed by atoms with van der Waals surface area (Å²) in [6, 6.07) is 2.81. The molecule has 134 valence electrons. The molecule has 1 aliphatic carbocycles. The second-order valence-electron chi connectivity index (χ2n) is 6.29. The summed E-state index contributed by atoms with van der Waals surface area (Å²) < 4.78 is 5.85. The molecule has 0 unspecified atom stereocenters. The van der Waals surface area contributed by atoms with Crippen LogP contribution >= 0.6 is 0 Å². The summed E-state index contributed by atoms with van der Waals surface area (Å²) in [7, 11) is 0. The zero-order valence-electron chi connectivity index (χ0n) is 14.0. The molecule has 0 aliphatic heterocycles. The second kappa shape index (κ2) is 8.06. The fraction of sp³-hybridized carbons (Fsp3) is 0.529. The van der Waals surface area contributed by atoms with Crippen molar-refractivity contribution in [1.29, 1.82) is 0 Å². The number of rotatable bonds is 7. The monoisotopic (exact) mass is 346 g/mol. The third-order valence-corrected chi connectivity index (χ3v) is 4.50. The average Bonchev–Trinajstić information content (AvgIpc) is 2.62. The van der Waals surface area contributed by atoms with E-state index in [0.717, 1.165) is 19.3 Å². The lowest BCUT2D eigenvalue weighted by molar-refractivity contribution is -0.383. The van der Waals surface area contributed by atoms with Gasteiger partial charge < -0.3 is 15.0 Å². The number of aromatic nitrogens is 2. The number of H-pyrrole nitrogens is 1. The highest BCUT2D eigenvalue weighted by atomic mass is 16.6. The molecule has 0 saturated heterocycles. The van der Waals surface area contributed by atoms with Crippen molar-refractivity contribution in [2.24, 2.45) is 0 Å². The molecule has 0 atom stereocenters. The summed E-state index contributed by atoms with van der Waals surface area (Å²) >= 11 is 0. The molecule has 0 amide bonds. The highest BCUT2D eigenvalue weighted by Crippen LogP contribution is 2.27. The van der Waals surface area contributed by atoms with E-state index in [9.17, 15) is 14.9 Å². The van der Waals surface area contributed by atoms with Crippen LogP contribution in [0.1, 0.15) is 38.5 Å². The SMILES string of the molecule is O=c1[nH]cnc2cc(NCCCOC3CCCCC3)c([N+](=O)[O-])cc12. The van der Waals surface area contributed by atoms with Crippen molar-refractivity contribution in [2.45, 2.75) is 44.6 Å². The van der Waals surface area contributed by atoms with Crippen LogP contribution < -0.4 is 10.9 Å². The van der Waals surface area contributed by atoms with Crippen molar-refractivity contribution in [3.63, 3.8) is 0 Å². The predicted molar refractivity (Wildman–Crippen MR) is 94.9 cm³/mol. The number of nitro groups is 1. The van der Waals surface area contributed by atoms with E-state index < -0.39 is 4.92 Å². The van der Waals surface area contributed by atoms with Crippen LogP contribution in [0.5, 0.6) is 0 Å². The van der Waals surface area contributed by atoms with Crippen LogP contribution in [0.2, 0.25) is 0 Å². The molecular formula is C17H22N4O4. The van der Waals surface area contributed by atoms with Crippen LogP contribution in [0.3, 0.4) is 0 Å². The molecule has 8 nitrogen and oxygen atoms in total. The average molecular weight is 346 g/mol. The second-order valence-corrected chi connectivity index (χ2v) is 6.29. The number of anilines is 1. The highest BCUT2D eigenvalue weighted by Gasteiger charge is 2.17. The zero-order valence-corrected chi connectivity index (χ0v) is 14.0. The fourth-order valence-corrected chi connectivity index (χ4v) is 3.17. The van der Waals surface area contributed by atoms with E-state index in [1.165, 1.54) is 31.7 Å². The van der Waals surface area contributed by atoms with E-state index >= 15 is 0 Å². The molecule has 3 rings (SSSR count). The molecule has 0 bridgehead atoms. The van der Waals surface area contributed by atoms with Gasteiger partial charge in [-0.3, -0.25) is 14.9 Å². The van der Waals surface area contributed by atoms with Crippen LogP contribution in [0.25, 0.3) is 10.9 Å². The van der Waals surface area contributed by atoms with Crippen molar-refractivity contribution in [3.05, 3.63) is 38.9 Å². The Hall–Kier alpha value is -2.48. The lowest BCUT2D eigenvalue weighted by atomic mass is 9.98. The van der Waals surface area contributed by atoms with Gasteiger partial charge in [0.2, 0.25) is 0 Å². The van der Waals surface area contributed by atoms with E-state index in [-0.39, 0.29) is 16.6 Å². The van der Waals surface area contributed by atoms with Crippen molar-refractivity contribution < 1.29 is 9.66 Å². The van der Waals surface area contributed by atoms with E-state index in [2.05, 4.69) is 15.3 Å². The van der Waals surface area contributed by atoms with Gasteiger partial charge in [-0.05, 0) is 25.3 Å². The molecule has 1 heterocycles. The first-order valence-electron chi connectivity index (χ1n) is 8.66. The quantitative estimate of drug-likeness (QED) is 0.453. The normalized spacial score (nSPS) is 15.4. The van der Waals surface area contributed by atoms with E-state index in [1.807, 2.05) is 0 Å². The smallest absolute Gasteiger partial charge is 0.293 e. The fourth-order valence-electron chi connectivity index (χ4n) is 3.17. The van der Waals surface area contributed by atoms with Gasteiger partial charge in [0.05, 0.1) is 28.3 Å². The molecule has 0 radical (unpaired) electrons. The summed E-state index contributed by atoms with van der Waals surface area (Å²) in [5, 5.41) is 14.6. The number of hydrogen-bond acceptors (Lipinski definition) is 6. The molecule has 1 aliphatic rings. The Morgan fingerprint density at radius 3 is 2.88 bits per heavy atom. The zero-order chi connectivity index (χ0) is 17.6. The molecule has 8 heteroatoms. The molecule has 2 N–H and O–H groups in total. The number of ether oxygens (including phenoxy) is 1. The third-order valence-electron chi connectivity index (χ3n) is 4.50. The minimum absolute atomic E-state index is 0.126. The maximum Gasteiger partial charge on any atom is 0.293 e. The summed E-state index contributed by atoms with van der Waals surface area (Å²) in [6.45, 7) is 1.19. The van der Waals surface area contributed by atoms with Gasteiger partial charge in [0.1, 0.15) is 5.69 Å². The minimum Gasteiger partial charge on any atom is -0.379 e. The van der Waals surface area contributed by atoms with Crippen LogP contribution in [-0.4, -0.2) is 34.1 Å². The Bertz CT molecular complexity index is 799. The Morgan fingerprint density at radius 2 is 2.12 bits per heavy atom. The Balaban J connectivity index is 1.61. The van der Waals surface area contributed by atoms with Gasteiger partial charge in [-0.2, -0.15) is 0 Å². The molecular weight excluding hydrogens is 324 g/mol. The van der Waals surface area contributed by atoms with Gasteiger partial charge in [-0.15, -0.1) is 0 Å². The summed E-state index contributed by atoms with van der Waals surface area (Å²) in [6.07, 6.45) is 8.43. The van der Waals surface area contributed by atoms with Crippen molar-refractivity contribution in [2.75, 3.05) is 18.5 Å². The molecule has 1 aromatic carbocycles. The van der Waals surface area contributed by atoms with E-state index in [0.29, 0.717) is 30.5 Å². The number of nitro benzene ring substituents is 1. The number of fused-ring (bicyclic) bond motifs is 1. The van der Waals surface area contributed by atoms with Gasteiger partial charge in [0, 0.05) is 19.2 Å². The van der Waals surface area contributed by atoms with Gasteiger partial charge >= 0.3 is 0 Å². The number of benzene rings is 1. The Kier molecular flexibility index (Phi) is 5.60. The van der Waals surface area contributed by atoms with Crippen molar-refractivity contribution in [1.82, 2.24) is 9.97 Å². The van der Waals surface area contributed by atoms with Gasteiger partial charge in [-0.1, -0.05) is 19.3 Å². The van der Waals surface area contributed by atoms with Crippen LogP contribution in [0.15, 0.2) is 23.3 Å². The standard InChI is InChI=1S/C17H22N4O4/c22-17-13-9-16(21(23)24)15(10-14(13)19-11-20-17)18-7-4-8-25-12-5-2-1-3-6-12/h9-12,18H,1-8H2,(H,19,20,22). The Morgan fingerprint density at radius 1 is 1.32 bits per heavy atom. The summed E-state index contributed by atoms with van der Waals surface area (Å²) in [5.74, 6) is 0. The highest BCUT2D eigenvalue weighted by molar-refractivity contribution is 5.86. The molecule has 1 saturated carbocycles.